The van der Waals surface area contributed by atoms with Crippen molar-refractivity contribution >= 4 is 25.2 Å². The van der Waals surface area contributed by atoms with Crippen LogP contribution in [0.1, 0.15) is 33.3 Å². The van der Waals surface area contributed by atoms with E-state index in [9.17, 15) is 14.2 Å². The first-order valence-corrected chi connectivity index (χ1v) is 10.9. The second-order valence-electron chi connectivity index (χ2n) is 5.70. The van der Waals surface area contributed by atoms with E-state index < -0.39 is 25.1 Å². The molecule has 9 heteroatoms. The van der Waals surface area contributed by atoms with Gasteiger partial charge >= 0.3 is 19.5 Å². The second-order valence-corrected chi connectivity index (χ2v) is 7.44. The van der Waals surface area contributed by atoms with Crippen LogP contribution in [0.15, 0.2) is 24.3 Å². The summed E-state index contributed by atoms with van der Waals surface area (Å²) in [6, 6.07) is 7.01. The average molecular weight is 425 g/mol. The number of anilines is 1. The number of nitrogens with one attached hydrogen (secondary N) is 1. The molecule has 0 aliphatic rings. The number of hydrogen-bond donors (Lipinski definition) is 1. The quantitative estimate of drug-likeness (QED) is 0.263. The minimum Gasteiger partial charge on any atom is -0.463 e. The van der Waals surface area contributed by atoms with Crippen LogP contribution in [0.2, 0.25) is 0 Å². The Morgan fingerprint density at radius 2 is 1.48 bits per heavy atom. The van der Waals surface area contributed by atoms with Gasteiger partial charge in [0.05, 0.1) is 26.4 Å². The second kappa shape index (κ2) is 11.6. The van der Waals surface area contributed by atoms with Gasteiger partial charge in [-0.1, -0.05) is 18.2 Å². The maximum absolute atomic E-state index is 12.9. The van der Waals surface area contributed by atoms with Crippen molar-refractivity contribution in [2.45, 2.75) is 40.2 Å². The van der Waals surface area contributed by atoms with E-state index >= 15 is 0 Å². The van der Waals surface area contributed by atoms with Crippen molar-refractivity contribution in [3.8, 4) is 11.6 Å². The van der Waals surface area contributed by atoms with Crippen LogP contribution in [0.5, 0.6) is 0 Å². The number of para-hydroxylation sites is 1. The molecule has 1 rings (SSSR count). The van der Waals surface area contributed by atoms with Gasteiger partial charge in [-0.3, -0.25) is 9.05 Å². The number of carbonyl (C=O) groups is 2. The van der Waals surface area contributed by atoms with E-state index in [4.69, 9.17) is 18.5 Å². The van der Waals surface area contributed by atoms with Crippen LogP contribution in [-0.2, 0) is 32.7 Å². The van der Waals surface area contributed by atoms with Crippen molar-refractivity contribution in [2.75, 3.05) is 31.7 Å². The summed E-state index contributed by atoms with van der Waals surface area (Å²) in [5, 5.41) is 2.83. The van der Waals surface area contributed by atoms with E-state index in [-0.39, 0.29) is 26.4 Å². The number of carbonyl (C=O) groups excluding carboxylic acids is 2. The fourth-order valence-electron chi connectivity index (χ4n) is 2.31. The van der Waals surface area contributed by atoms with Gasteiger partial charge in [-0.2, -0.15) is 0 Å². The minimum absolute atomic E-state index is 0.00566. The average Bonchev–Trinajstić information content (AvgIpc) is 2.67. The summed E-state index contributed by atoms with van der Waals surface area (Å²) < 4.78 is 33.3. The predicted octanol–water partition coefficient (Wildman–Crippen LogP) is 3.50. The number of hydrogen-bond acceptors (Lipinski definition) is 8. The van der Waals surface area contributed by atoms with Gasteiger partial charge < -0.3 is 14.8 Å². The van der Waals surface area contributed by atoms with E-state index in [2.05, 4.69) is 16.9 Å². The number of aryl methyl sites for hydroxylation is 1. The normalized spacial score (nSPS) is 11.2. The molecule has 0 amide bonds. The zero-order valence-corrected chi connectivity index (χ0v) is 18.3. The van der Waals surface area contributed by atoms with Gasteiger partial charge in [0.1, 0.15) is 0 Å². The molecule has 0 aromatic heterocycles. The summed E-state index contributed by atoms with van der Waals surface area (Å²) in [5.41, 5.74) is 1.32. The zero-order chi connectivity index (χ0) is 21.9. The van der Waals surface area contributed by atoms with Crippen molar-refractivity contribution in [2.24, 2.45) is 0 Å². The third-order valence-electron chi connectivity index (χ3n) is 3.61. The minimum atomic E-state index is -3.87. The highest BCUT2D eigenvalue weighted by Gasteiger charge is 2.49. The maximum atomic E-state index is 12.9. The number of benzene rings is 1. The highest BCUT2D eigenvalue weighted by atomic mass is 31.2. The lowest BCUT2D eigenvalue weighted by atomic mass is 9.99. The van der Waals surface area contributed by atoms with Crippen molar-refractivity contribution in [1.29, 1.82) is 0 Å². The van der Waals surface area contributed by atoms with Gasteiger partial charge in [-0.05, 0) is 52.2 Å². The Morgan fingerprint density at radius 3 is 1.93 bits per heavy atom. The summed E-state index contributed by atoms with van der Waals surface area (Å²) in [7, 11) is -3.87. The Balaban J connectivity index is 3.62. The van der Waals surface area contributed by atoms with E-state index in [0.29, 0.717) is 5.69 Å². The lowest BCUT2D eigenvalue weighted by Crippen LogP contribution is -2.54. The number of esters is 2. The molecule has 0 unspecified atom stereocenters. The topological polar surface area (TPSA) is 100 Å². The third kappa shape index (κ3) is 6.60. The first kappa shape index (κ1) is 24.7. The molecule has 0 radical (unpaired) electrons. The molecule has 0 atom stereocenters. The van der Waals surface area contributed by atoms with Crippen LogP contribution in [0.3, 0.4) is 0 Å². The monoisotopic (exact) mass is 425 g/mol. The van der Waals surface area contributed by atoms with Crippen LogP contribution in [0.4, 0.5) is 5.69 Å². The summed E-state index contributed by atoms with van der Waals surface area (Å²) >= 11 is 0. The Hall–Kier alpha value is -2.33. The molecule has 0 spiro atoms. The van der Waals surface area contributed by atoms with E-state index in [1.165, 1.54) is 0 Å². The molecule has 160 valence electrons. The highest BCUT2D eigenvalue weighted by molar-refractivity contribution is 7.59. The molecular formula is C20H28NO7P. The SMILES string of the molecule is CCOC(=O)C(C#CP(=O)(OCC)OCC)(Nc1ccccc1C)C(=O)OCC. The summed E-state index contributed by atoms with van der Waals surface area (Å²) in [4.78, 5) is 25.7. The van der Waals surface area contributed by atoms with E-state index in [1.807, 2.05) is 0 Å². The first-order chi connectivity index (χ1) is 13.8. The van der Waals surface area contributed by atoms with Gasteiger partial charge in [-0.15, -0.1) is 0 Å². The van der Waals surface area contributed by atoms with E-state index in [0.717, 1.165) is 5.56 Å². The summed E-state index contributed by atoms with van der Waals surface area (Å²) in [6.07, 6.45) is 0. The molecule has 0 bridgehead atoms. The molecule has 1 N–H and O–H groups in total. The van der Waals surface area contributed by atoms with Crippen molar-refractivity contribution in [1.82, 2.24) is 0 Å². The Labute approximate surface area is 171 Å². The molecule has 0 aliphatic carbocycles. The molecule has 1 aromatic rings. The van der Waals surface area contributed by atoms with Crippen molar-refractivity contribution in [3.63, 3.8) is 0 Å². The van der Waals surface area contributed by atoms with Crippen molar-refractivity contribution in [3.05, 3.63) is 29.8 Å². The molecular weight excluding hydrogens is 397 g/mol. The lowest BCUT2D eigenvalue weighted by molar-refractivity contribution is -0.159. The number of rotatable bonds is 10. The van der Waals surface area contributed by atoms with Crippen LogP contribution < -0.4 is 5.32 Å². The van der Waals surface area contributed by atoms with Crippen LogP contribution in [0, 0.1) is 18.5 Å². The van der Waals surface area contributed by atoms with Gasteiger partial charge in [0.25, 0.3) is 5.54 Å². The summed E-state index contributed by atoms with van der Waals surface area (Å²) in [6.45, 7) is 8.40. The van der Waals surface area contributed by atoms with Crippen LogP contribution in [0.25, 0.3) is 0 Å². The maximum Gasteiger partial charge on any atom is 0.405 e. The van der Waals surface area contributed by atoms with Crippen molar-refractivity contribution < 1.29 is 32.7 Å². The van der Waals surface area contributed by atoms with Gasteiger partial charge in [0.15, 0.2) is 0 Å². The fourth-order valence-corrected chi connectivity index (χ4v) is 3.49. The molecule has 0 fully saturated rings. The van der Waals surface area contributed by atoms with Crippen LogP contribution >= 0.6 is 7.60 Å². The lowest BCUT2D eigenvalue weighted by Gasteiger charge is -2.27. The fraction of sp³-hybridized carbons (Fsp3) is 0.500. The number of ether oxygens (including phenoxy) is 2. The molecule has 1 aromatic carbocycles. The summed E-state index contributed by atoms with van der Waals surface area (Å²) in [5.74, 6) is 0.509. The van der Waals surface area contributed by atoms with Gasteiger partial charge in [0.2, 0.25) is 0 Å². The third-order valence-corrected chi connectivity index (χ3v) is 5.19. The van der Waals surface area contributed by atoms with Crippen LogP contribution in [-0.4, -0.2) is 43.9 Å². The first-order valence-electron chi connectivity index (χ1n) is 9.40. The molecule has 0 aliphatic heterocycles. The smallest absolute Gasteiger partial charge is 0.405 e. The van der Waals surface area contributed by atoms with Gasteiger partial charge in [-0.25, -0.2) is 14.2 Å². The molecule has 0 saturated heterocycles. The largest absolute Gasteiger partial charge is 0.463 e. The Kier molecular flexibility index (Phi) is 9.90. The molecule has 8 nitrogen and oxygen atoms in total. The van der Waals surface area contributed by atoms with E-state index in [1.54, 1.807) is 58.9 Å². The predicted molar refractivity (Wildman–Crippen MR) is 109 cm³/mol. The highest BCUT2D eigenvalue weighted by Crippen LogP contribution is 2.47. The zero-order valence-electron chi connectivity index (χ0n) is 17.4. The molecule has 0 saturated carbocycles. The van der Waals surface area contributed by atoms with Gasteiger partial charge in [0, 0.05) is 11.3 Å². The Bertz CT molecular complexity index is 785. The molecule has 29 heavy (non-hydrogen) atoms. The Morgan fingerprint density at radius 1 is 0.966 bits per heavy atom. The molecule has 0 heterocycles. The standard InChI is InChI=1S/C20H28NO7P/c1-6-25-18(22)20(19(23)26-7-2,21-17-13-11-10-12-16(17)5)14-15-29(24,27-8-3)28-9-4/h10-13,21H,6-9H2,1-5H3.